The molecule has 0 bridgehead atoms. The molecule has 0 N–H and O–H groups in total. The Balaban J connectivity index is 1.53. The van der Waals surface area contributed by atoms with Crippen molar-refractivity contribution in [2.24, 2.45) is 4.99 Å². The highest BCUT2D eigenvalue weighted by Crippen LogP contribution is 2.38. The van der Waals surface area contributed by atoms with E-state index in [2.05, 4.69) is 0 Å². The fraction of sp³-hybridized carbons (Fsp3) is 0.0714. The molecule has 168 valence electrons. The molecule has 6 heteroatoms. The van der Waals surface area contributed by atoms with Crippen molar-refractivity contribution in [2.45, 2.75) is 13.8 Å². The van der Waals surface area contributed by atoms with Crippen LogP contribution >= 0.6 is 23.4 Å². The molecule has 1 amide bonds. The molecule has 0 aliphatic carbocycles. The van der Waals surface area contributed by atoms with Crippen LogP contribution < -0.4 is 4.90 Å². The molecule has 4 nitrogen and oxygen atoms in total. The fourth-order valence-electron chi connectivity index (χ4n) is 3.72. The zero-order chi connectivity index (χ0) is 23.7. The molecule has 0 spiro atoms. The minimum atomic E-state index is -0.141. The Kier molecular flexibility index (Phi) is 6.14. The van der Waals surface area contributed by atoms with E-state index in [0.717, 1.165) is 28.1 Å². The molecule has 0 unspecified atom stereocenters. The first-order chi connectivity index (χ1) is 16.5. The largest absolute Gasteiger partial charge is 0.457 e. The number of hydrogen-bond donors (Lipinski definition) is 0. The summed E-state index contributed by atoms with van der Waals surface area (Å²) in [5, 5.41) is 1.21. The Morgan fingerprint density at radius 1 is 0.912 bits per heavy atom. The number of anilines is 1. The molecule has 3 aromatic carbocycles. The normalized spacial score (nSPS) is 16.1. The van der Waals surface area contributed by atoms with E-state index in [1.54, 1.807) is 11.0 Å². The number of amidine groups is 1. The molecule has 1 saturated heterocycles. The van der Waals surface area contributed by atoms with E-state index in [0.29, 0.717) is 26.6 Å². The van der Waals surface area contributed by atoms with Crippen LogP contribution in [-0.2, 0) is 4.79 Å². The van der Waals surface area contributed by atoms with E-state index in [-0.39, 0.29) is 5.91 Å². The Bertz CT molecular complexity index is 1450. The number of carbonyl (C=O) groups is 1. The van der Waals surface area contributed by atoms with Gasteiger partial charge in [-0.15, -0.1) is 0 Å². The summed E-state index contributed by atoms with van der Waals surface area (Å²) in [5.41, 5.74) is 4.56. The molecule has 0 atom stereocenters. The summed E-state index contributed by atoms with van der Waals surface area (Å²) < 4.78 is 6.01. The summed E-state index contributed by atoms with van der Waals surface area (Å²) in [6.45, 7) is 4.03. The Labute approximate surface area is 207 Å². The third-order valence-electron chi connectivity index (χ3n) is 5.33. The zero-order valence-electron chi connectivity index (χ0n) is 18.7. The van der Waals surface area contributed by atoms with Crippen molar-refractivity contribution in [3.8, 4) is 11.3 Å². The predicted molar refractivity (Wildman–Crippen MR) is 142 cm³/mol. The molecule has 5 rings (SSSR count). The molecule has 1 fully saturated rings. The lowest BCUT2D eigenvalue weighted by Gasteiger charge is -2.16. The van der Waals surface area contributed by atoms with Crippen molar-refractivity contribution in [1.29, 1.82) is 0 Å². The molecule has 2 heterocycles. The van der Waals surface area contributed by atoms with Crippen LogP contribution in [0.4, 0.5) is 11.4 Å². The van der Waals surface area contributed by atoms with Gasteiger partial charge in [-0.25, -0.2) is 4.99 Å². The fourth-order valence-corrected chi connectivity index (χ4v) is 4.93. The second-order valence-corrected chi connectivity index (χ2v) is 9.42. The number of thioether (sulfide) groups is 1. The lowest BCUT2D eigenvalue weighted by Crippen LogP contribution is -2.28. The quantitative estimate of drug-likeness (QED) is 0.275. The molecule has 34 heavy (non-hydrogen) atoms. The smallest absolute Gasteiger partial charge is 0.271 e. The van der Waals surface area contributed by atoms with Crippen molar-refractivity contribution in [1.82, 2.24) is 0 Å². The van der Waals surface area contributed by atoms with Crippen LogP contribution in [0.3, 0.4) is 0 Å². The van der Waals surface area contributed by atoms with E-state index < -0.39 is 0 Å². The van der Waals surface area contributed by atoms with Crippen LogP contribution in [0.5, 0.6) is 0 Å². The van der Waals surface area contributed by atoms with Gasteiger partial charge in [0, 0.05) is 11.6 Å². The van der Waals surface area contributed by atoms with E-state index >= 15 is 0 Å². The summed E-state index contributed by atoms with van der Waals surface area (Å²) in [4.78, 5) is 20.5. The Morgan fingerprint density at radius 3 is 2.44 bits per heavy atom. The number of nitrogens with zero attached hydrogens (tertiary/aromatic N) is 2. The molecule has 1 aliphatic rings. The van der Waals surface area contributed by atoms with E-state index in [1.165, 1.54) is 11.8 Å². The first kappa shape index (κ1) is 22.3. The van der Waals surface area contributed by atoms with Crippen LogP contribution in [0, 0.1) is 13.8 Å². The highest BCUT2D eigenvalue weighted by atomic mass is 35.5. The number of rotatable bonds is 4. The summed E-state index contributed by atoms with van der Waals surface area (Å²) >= 11 is 7.65. The highest BCUT2D eigenvalue weighted by Gasteiger charge is 2.35. The summed E-state index contributed by atoms with van der Waals surface area (Å²) in [6, 6.07) is 27.0. The SMILES string of the molecule is Cc1cccc(N=C2S/C(=C/c3ccc(-c4ccccc4Cl)o3)C(=O)N2c2cccc(C)c2)c1. The van der Waals surface area contributed by atoms with Gasteiger partial charge in [-0.05, 0) is 85.3 Å². The second-order valence-electron chi connectivity index (χ2n) is 8.01. The lowest BCUT2D eigenvalue weighted by molar-refractivity contribution is -0.113. The minimum Gasteiger partial charge on any atom is -0.457 e. The van der Waals surface area contributed by atoms with Crippen LogP contribution in [0.2, 0.25) is 5.02 Å². The van der Waals surface area contributed by atoms with Crippen molar-refractivity contribution >= 4 is 51.9 Å². The van der Waals surface area contributed by atoms with Gasteiger partial charge < -0.3 is 4.42 Å². The maximum atomic E-state index is 13.5. The van der Waals surface area contributed by atoms with Gasteiger partial charge in [0.2, 0.25) is 0 Å². The highest BCUT2D eigenvalue weighted by molar-refractivity contribution is 8.19. The molecule has 0 saturated carbocycles. The number of furan rings is 1. The van der Waals surface area contributed by atoms with Gasteiger partial charge in [0.1, 0.15) is 11.5 Å². The summed E-state index contributed by atoms with van der Waals surface area (Å²) in [5.74, 6) is 1.08. The second kappa shape index (κ2) is 9.37. The molecular formula is C28H21ClN2O2S. The standard InChI is InChI=1S/C28H21ClN2O2S/c1-18-7-5-9-20(15-18)30-28-31(21-10-6-8-19(2)16-21)27(32)26(34-28)17-22-13-14-25(33-22)23-11-3-4-12-24(23)29/h3-17H,1-2H3/b26-17+,30-28?. The number of carbonyl (C=O) groups excluding carboxylic acids is 1. The van der Waals surface area contributed by atoms with Crippen molar-refractivity contribution in [3.05, 3.63) is 112 Å². The number of benzene rings is 3. The van der Waals surface area contributed by atoms with Gasteiger partial charge >= 0.3 is 0 Å². The molecule has 4 aromatic rings. The summed E-state index contributed by atoms with van der Waals surface area (Å²) in [6.07, 6.45) is 1.76. The van der Waals surface area contributed by atoms with Crippen LogP contribution in [0.1, 0.15) is 16.9 Å². The molecule has 1 aromatic heterocycles. The van der Waals surface area contributed by atoms with Gasteiger partial charge in [0.05, 0.1) is 21.3 Å². The van der Waals surface area contributed by atoms with Crippen molar-refractivity contribution in [2.75, 3.05) is 4.90 Å². The predicted octanol–water partition coefficient (Wildman–Crippen LogP) is 8.03. The van der Waals surface area contributed by atoms with Gasteiger partial charge in [0.15, 0.2) is 5.17 Å². The molecular weight excluding hydrogens is 464 g/mol. The zero-order valence-corrected chi connectivity index (χ0v) is 20.2. The van der Waals surface area contributed by atoms with E-state index in [9.17, 15) is 4.79 Å². The average molecular weight is 485 g/mol. The Hall–Kier alpha value is -3.54. The number of aryl methyl sites for hydroxylation is 2. The molecule has 1 aliphatic heterocycles. The Morgan fingerprint density at radius 2 is 1.68 bits per heavy atom. The van der Waals surface area contributed by atoms with Crippen molar-refractivity contribution < 1.29 is 9.21 Å². The average Bonchev–Trinajstić information content (AvgIpc) is 3.39. The summed E-state index contributed by atoms with van der Waals surface area (Å²) in [7, 11) is 0. The maximum absolute atomic E-state index is 13.5. The van der Waals surface area contributed by atoms with Gasteiger partial charge in [-0.2, -0.15) is 0 Å². The van der Waals surface area contributed by atoms with Crippen molar-refractivity contribution in [3.63, 3.8) is 0 Å². The minimum absolute atomic E-state index is 0.141. The van der Waals surface area contributed by atoms with E-state index in [1.807, 2.05) is 98.8 Å². The van der Waals surface area contributed by atoms with E-state index in [4.69, 9.17) is 21.0 Å². The monoisotopic (exact) mass is 484 g/mol. The van der Waals surface area contributed by atoms with Gasteiger partial charge in [0.25, 0.3) is 5.91 Å². The number of aliphatic imine (C=N–C) groups is 1. The molecule has 0 radical (unpaired) electrons. The third-order valence-corrected chi connectivity index (χ3v) is 6.63. The van der Waals surface area contributed by atoms with Gasteiger partial charge in [-0.3, -0.25) is 9.69 Å². The maximum Gasteiger partial charge on any atom is 0.271 e. The van der Waals surface area contributed by atoms with Crippen LogP contribution in [0.25, 0.3) is 17.4 Å². The van der Waals surface area contributed by atoms with Crippen LogP contribution in [0.15, 0.2) is 99.2 Å². The number of amides is 1. The third kappa shape index (κ3) is 4.58. The number of halogens is 1. The first-order valence-corrected chi connectivity index (χ1v) is 12.0. The van der Waals surface area contributed by atoms with Gasteiger partial charge in [-0.1, -0.05) is 48.0 Å². The number of hydrogen-bond acceptors (Lipinski definition) is 4. The lowest BCUT2D eigenvalue weighted by atomic mass is 10.2. The first-order valence-electron chi connectivity index (χ1n) is 10.8. The topological polar surface area (TPSA) is 45.8 Å². The van der Waals surface area contributed by atoms with Crippen LogP contribution in [-0.4, -0.2) is 11.1 Å².